The molecule has 2 aliphatic rings. The summed E-state index contributed by atoms with van der Waals surface area (Å²) in [5, 5.41) is 11.4. The van der Waals surface area contributed by atoms with Crippen molar-refractivity contribution in [2.75, 3.05) is 53.6 Å². The van der Waals surface area contributed by atoms with Crippen LogP contribution in [0.5, 0.6) is 11.5 Å². The number of ether oxygens (including phenoxy) is 3. The summed E-state index contributed by atoms with van der Waals surface area (Å²) in [7, 11) is 3.37. The van der Waals surface area contributed by atoms with E-state index in [1.54, 1.807) is 25.6 Å². The molecule has 1 aliphatic carbocycles. The molecule has 5 aromatic rings. The number of methoxy groups -OCH3 is 2. The Balaban J connectivity index is 1.18. The lowest BCUT2D eigenvalue weighted by Crippen LogP contribution is -2.43. The second-order valence-corrected chi connectivity index (χ2v) is 12.9. The van der Waals surface area contributed by atoms with Gasteiger partial charge in [-0.2, -0.15) is 5.10 Å². The lowest BCUT2D eigenvalue weighted by atomic mass is 9.97. The highest BCUT2D eigenvalue weighted by molar-refractivity contribution is 7.15. The highest BCUT2D eigenvalue weighted by Gasteiger charge is 2.32. The molecule has 1 aliphatic heterocycles. The first-order valence-electron chi connectivity index (χ1n) is 16.0. The summed E-state index contributed by atoms with van der Waals surface area (Å²) in [6.45, 7) is 5.21. The van der Waals surface area contributed by atoms with E-state index in [9.17, 15) is 4.79 Å². The van der Waals surface area contributed by atoms with Gasteiger partial charge in [-0.15, -0.1) is 11.3 Å². The Morgan fingerprint density at radius 3 is 2.26 bits per heavy atom. The van der Waals surface area contributed by atoms with Gasteiger partial charge < -0.3 is 24.8 Å². The fourth-order valence-corrected chi connectivity index (χ4v) is 7.39. The van der Waals surface area contributed by atoms with Gasteiger partial charge in [0.1, 0.15) is 23.2 Å². The molecule has 9 nitrogen and oxygen atoms in total. The first-order chi connectivity index (χ1) is 23.1. The zero-order valence-corrected chi connectivity index (χ0v) is 27.5. The third-order valence-electron chi connectivity index (χ3n) is 8.89. The van der Waals surface area contributed by atoms with Crippen LogP contribution in [0.25, 0.3) is 21.8 Å². The number of morpholine rings is 1. The summed E-state index contributed by atoms with van der Waals surface area (Å²) in [5.41, 5.74) is 8.06. The minimum atomic E-state index is -0.178. The van der Waals surface area contributed by atoms with Crippen LogP contribution >= 0.6 is 11.3 Å². The molecule has 242 valence electrons. The lowest BCUT2D eigenvalue weighted by Gasteiger charge is -2.26. The number of fused-ring (bicyclic) bond motifs is 3. The van der Waals surface area contributed by atoms with Crippen LogP contribution in [0, 0.1) is 0 Å². The first kappa shape index (κ1) is 31.0. The van der Waals surface area contributed by atoms with Crippen LogP contribution in [-0.2, 0) is 17.7 Å². The molecule has 1 saturated heterocycles. The number of thiophene rings is 1. The van der Waals surface area contributed by atoms with Gasteiger partial charge in [0.15, 0.2) is 0 Å². The van der Waals surface area contributed by atoms with Crippen LogP contribution in [0.4, 0.5) is 4.79 Å². The Kier molecular flexibility index (Phi) is 9.23. The summed E-state index contributed by atoms with van der Waals surface area (Å²) < 4.78 is 18.6. The normalized spacial score (nSPS) is 14.1. The molecule has 0 atom stereocenters. The highest BCUT2D eigenvalue weighted by atomic mass is 32.1. The van der Waals surface area contributed by atoms with E-state index in [1.165, 1.54) is 16.7 Å². The van der Waals surface area contributed by atoms with Gasteiger partial charge in [0.2, 0.25) is 0 Å². The fraction of sp³-hybridized carbons (Fsp3) is 0.297. The molecule has 3 aromatic carbocycles. The molecular formula is C37H39N5O4S. The van der Waals surface area contributed by atoms with E-state index in [-0.39, 0.29) is 12.1 Å². The molecule has 0 bridgehead atoms. The molecule has 2 N–H and O–H groups in total. The minimum Gasteiger partial charge on any atom is -0.497 e. The SMILES string of the molecule is COc1ccc(C(c2ccc(OC)cc2)n2nc(-c3ccc(CNC(=O)NCCN4CCOCC4)s3)c3c2-c2ccccc2C3)cc1. The summed E-state index contributed by atoms with van der Waals surface area (Å²) in [4.78, 5) is 17.0. The molecule has 7 rings (SSSR count). The largest absolute Gasteiger partial charge is 0.497 e. The van der Waals surface area contributed by atoms with E-state index in [4.69, 9.17) is 19.3 Å². The second-order valence-electron chi connectivity index (χ2n) is 11.7. The second kappa shape index (κ2) is 14.0. The highest BCUT2D eigenvalue weighted by Crippen LogP contribution is 2.46. The number of benzene rings is 3. The average molecular weight is 650 g/mol. The van der Waals surface area contributed by atoms with Crippen LogP contribution in [0.15, 0.2) is 84.9 Å². The number of urea groups is 1. The van der Waals surface area contributed by atoms with Crippen molar-refractivity contribution in [1.29, 1.82) is 0 Å². The van der Waals surface area contributed by atoms with Crippen LogP contribution < -0.4 is 20.1 Å². The van der Waals surface area contributed by atoms with E-state index in [0.717, 1.165) is 83.0 Å². The van der Waals surface area contributed by atoms with Gasteiger partial charge in [-0.25, -0.2) is 4.79 Å². The van der Waals surface area contributed by atoms with E-state index in [0.29, 0.717) is 13.1 Å². The molecule has 0 radical (unpaired) electrons. The number of carbonyl (C=O) groups is 1. The molecular weight excluding hydrogens is 611 g/mol. The maximum atomic E-state index is 12.6. The fourth-order valence-electron chi connectivity index (χ4n) is 6.43. The Hall–Kier alpha value is -4.64. The Morgan fingerprint density at radius 2 is 1.57 bits per heavy atom. The summed E-state index contributed by atoms with van der Waals surface area (Å²) >= 11 is 1.67. The predicted octanol–water partition coefficient (Wildman–Crippen LogP) is 5.97. The molecule has 10 heteroatoms. The third-order valence-corrected chi connectivity index (χ3v) is 9.98. The van der Waals surface area contributed by atoms with E-state index >= 15 is 0 Å². The third kappa shape index (κ3) is 6.62. The molecule has 2 amide bonds. The van der Waals surface area contributed by atoms with Gasteiger partial charge in [-0.1, -0.05) is 48.5 Å². The van der Waals surface area contributed by atoms with Gasteiger partial charge in [0.05, 0.1) is 44.5 Å². The zero-order valence-electron chi connectivity index (χ0n) is 26.7. The number of carbonyl (C=O) groups excluding carboxylic acids is 1. The van der Waals surface area contributed by atoms with Gasteiger partial charge in [0.25, 0.3) is 0 Å². The number of nitrogens with zero attached hydrogens (tertiary/aromatic N) is 3. The Bertz CT molecular complexity index is 1780. The van der Waals surface area contributed by atoms with Gasteiger partial charge in [0, 0.05) is 48.6 Å². The molecule has 0 saturated carbocycles. The zero-order chi connectivity index (χ0) is 32.2. The number of nitrogens with one attached hydrogen (secondary N) is 2. The number of hydrogen-bond acceptors (Lipinski definition) is 7. The summed E-state index contributed by atoms with van der Waals surface area (Å²) in [6.07, 6.45) is 0.815. The topological polar surface area (TPSA) is 89.9 Å². The summed E-state index contributed by atoms with van der Waals surface area (Å²) in [5.74, 6) is 1.62. The van der Waals surface area contributed by atoms with Crippen molar-refractivity contribution >= 4 is 17.4 Å². The number of hydrogen-bond donors (Lipinski definition) is 2. The molecule has 0 unspecified atom stereocenters. The quantitative estimate of drug-likeness (QED) is 0.180. The minimum absolute atomic E-state index is 0.157. The van der Waals surface area contributed by atoms with Crippen molar-refractivity contribution in [3.63, 3.8) is 0 Å². The van der Waals surface area contributed by atoms with E-state index in [1.807, 2.05) is 24.3 Å². The number of rotatable bonds is 11. The van der Waals surface area contributed by atoms with Crippen molar-refractivity contribution in [2.24, 2.45) is 0 Å². The molecule has 0 spiro atoms. The van der Waals surface area contributed by atoms with Crippen LogP contribution in [0.2, 0.25) is 0 Å². The van der Waals surface area contributed by atoms with Gasteiger partial charge in [-0.3, -0.25) is 9.58 Å². The van der Waals surface area contributed by atoms with Crippen LogP contribution in [0.3, 0.4) is 0 Å². The molecule has 1 fully saturated rings. The monoisotopic (exact) mass is 649 g/mol. The Labute approximate surface area is 279 Å². The first-order valence-corrected chi connectivity index (χ1v) is 16.8. The number of amides is 2. The van der Waals surface area contributed by atoms with Crippen LogP contribution in [0.1, 0.15) is 33.2 Å². The molecule has 2 aromatic heterocycles. The van der Waals surface area contributed by atoms with Crippen molar-refractivity contribution in [3.05, 3.63) is 112 Å². The van der Waals surface area contributed by atoms with Crippen molar-refractivity contribution in [2.45, 2.75) is 19.0 Å². The van der Waals surface area contributed by atoms with Crippen molar-refractivity contribution < 1.29 is 19.0 Å². The predicted molar refractivity (Wildman–Crippen MR) is 185 cm³/mol. The maximum Gasteiger partial charge on any atom is 0.315 e. The lowest BCUT2D eigenvalue weighted by molar-refractivity contribution is 0.0387. The molecule has 3 heterocycles. The van der Waals surface area contributed by atoms with Gasteiger partial charge in [-0.05, 0) is 53.1 Å². The maximum absolute atomic E-state index is 12.6. The van der Waals surface area contributed by atoms with Crippen LogP contribution in [-0.4, -0.2) is 74.3 Å². The number of aromatic nitrogens is 2. The average Bonchev–Trinajstić information content (AvgIpc) is 3.84. The van der Waals surface area contributed by atoms with E-state index in [2.05, 4.69) is 80.9 Å². The molecule has 47 heavy (non-hydrogen) atoms. The standard InChI is InChI=1S/C37H39N5O4S/c1-44-28-11-7-25(8-12-28)35(26-9-13-29(45-2)14-10-26)42-36-31-6-4-3-5-27(31)23-32(36)34(40-42)33-16-15-30(47-33)24-39-37(43)38-17-18-41-19-21-46-22-20-41/h3-16,35H,17-24H2,1-2H3,(H2,38,39,43). The van der Waals surface area contributed by atoms with Gasteiger partial charge >= 0.3 is 6.03 Å². The van der Waals surface area contributed by atoms with E-state index < -0.39 is 0 Å². The van der Waals surface area contributed by atoms with Crippen molar-refractivity contribution in [1.82, 2.24) is 25.3 Å². The Morgan fingerprint density at radius 1 is 0.894 bits per heavy atom. The van der Waals surface area contributed by atoms with Crippen molar-refractivity contribution in [3.8, 4) is 33.3 Å². The summed E-state index contributed by atoms with van der Waals surface area (Å²) in [6, 6.07) is 29.0. The smallest absolute Gasteiger partial charge is 0.315 e.